The molecule has 10 nitrogen and oxygen atoms in total. The molecule has 2 aromatic carbocycles. The summed E-state index contributed by atoms with van der Waals surface area (Å²) in [7, 11) is 4.43. The number of aliphatic carboxylic acids is 1. The predicted molar refractivity (Wildman–Crippen MR) is 130 cm³/mol. The van der Waals surface area contributed by atoms with E-state index in [4.69, 9.17) is 14.3 Å². The van der Waals surface area contributed by atoms with Crippen LogP contribution in [0.5, 0.6) is 11.5 Å². The highest BCUT2D eigenvalue weighted by Crippen LogP contribution is 2.33. The monoisotopic (exact) mass is 479 g/mol. The molecule has 1 amide bonds. The molecule has 182 valence electrons. The Morgan fingerprint density at radius 2 is 1.54 bits per heavy atom. The Kier molecular flexibility index (Phi) is 8.00. The molecule has 3 N–H and O–H groups in total. The summed E-state index contributed by atoms with van der Waals surface area (Å²) in [5.74, 6) is -0.993. The van der Waals surface area contributed by atoms with E-state index >= 15 is 0 Å². The third-order valence-corrected chi connectivity index (χ3v) is 5.19. The van der Waals surface area contributed by atoms with E-state index in [1.807, 2.05) is 0 Å². The van der Waals surface area contributed by atoms with Crippen LogP contribution in [-0.2, 0) is 14.4 Å². The van der Waals surface area contributed by atoms with E-state index in [9.17, 15) is 19.8 Å². The molecule has 0 aromatic heterocycles. The Morgan fingerprint density at radius 1 is 1.00 bits per heavy atom. The smallest absolute Gasteiger partial charge is 0.328 e. The number of benzene rings is 2. The minimum atomic E-state index is -1.53. The number of carboxylic acid groups (broad SMARTS) is 1. The molecule has 1 aliphatic rings. The van der Waals surface area contributed by atoms with Gasteiger partial charge in [-0.3, -0.25) is 4.79 Å². The van der Waals surface area contributed by atoms with Crippen LogP contribution in [0.15, 0.2) is 76.5 Å². The number of oxime groups is 1. The van der Waals surface area contributed by atoms with Crippen LogP contribution in [-0.4, -0.2) is 67.5 Å². The second-order valence-electron chi connectivity index (χ2n) is 7.29. The average molecular weight is 479 g/mol. The Bertz CT molecular complexity index is 1210. The van der Waals surface area contributed by atoms with Crippen molar-refractivity contribution in [3.63, 3.8) is 0 Å². The maximum absolute atomic E-state index is 13.3. The number of nitrogens with one attached hydrogen (secondary N) is 1. The normalized spacial score (nSPS) is 15.4. The number of methoxy groups -OCH3 is 2. The molecule has 1 unspecified atom stereocenters. The molecule has 2 aromatic rings. The molecule has 1 heterocycles. The van der Waals surface area contributed by atoms with Gasteiger partial charge in [-0.1, -0.05) is 23.9 Å². The molecular weight excluding hydrogens is 454 g/mol. The summed E-state index contributed by atoms with van der Waals surface area (Å²) < 4.78 is 10.4. The Balaban J connectivity index is 2.26. The zero-order chi connectivity index (χ0) is 25.5. The van der Waals surface area contributed by atoms with Crippen LogP contribution in [0.4, 0.5) is 0 Å². The maximum atomic E-state index is 13.3. The van der Waals surface area contributed by atoms with Crippen molar-refractivity contribution in [2.45, 2.75) is 6.04 Å². The van der Waals surface area contributed by atoms with Gasteiger partial charge in [0.25, 0.3) is 5.91 Å². The molecule has 0 aliphatic carbocycles. The van der Waals surface area contributed by atoms with E-state index < -0.39 is 24.5 Å². The van der Waals surface area contributed by atoms with E-state index in [2.05, 4.69) is 22.0 Å². The second-order valence-corrected chi connectivity index (χ2v) is 7.29. The lowest BCUT2D eigenvalue weighted by Gasteiger charge is -2.24. The van der Waals surface area contributed by atoms with Gasteiger partial charge in [-0.25, -0.2) is 9.79 Å². The van der Waals surface area contributed by atoms with Crippen molar-refractivity contribution in [3.05, 3.63) is 77.5 Å². The first kappa shape index (κ1) is 25.2. The first-order valence-electron chi connectivity index (χ1n) is 10.4. The Hall–Kier alpha value is -4.44. The first-order valence-corrected chi connectivity index (χ1v) is 10.4. The third-order valence-electron chi connectivity index (χ3n) is 5.19. The highest BCUT2D eigenvalue weighted by atomic mass is 16.6. The Labute approximate surface area is 201 Å². The number of aliphatic hydroxyl groups excluding tert-OH is 1. The topological polar surface area (TPSA) is 139 Å². The molecule has 0 spiro atoms. The average Bonchev–Trinajstić information content (AvgIpc) is 2.88. The number of amides is 1. The number of carbonyl (C=O) groups is 2. The lowest BCUT2D eigenvalue weighted by molar-refractivity contribution is -0.142. The zero-order valence-electron chi connectivity index (χ0n) is 19.4. The van der Waals surface area contributed by atoms with Crippen molar-refractivity contribution in [2.75, 3.05) is 27.9 Å². The number of rotatable bonds is 9. The van der Waals surface area contributed by atoms with Crippen molar-refractivity contribution in [1.82, 2.24) is 5.32 Å². The second kappa shape index (κ2) is 11.1. The Morgan fingerprint density at radius 3 is 2.00 bits per heavy atom. The number of carboxylic acids is 1. The summed E-state index contributed by atoms with van der Waals surface area (Å²) >= 11 is 0. The highest BCUT2D eigenvalue weighted by molar-refractivity contribution is 6.47. The van der Waals surface area contributed by atoms with Crippen molar-refractivity contribution in [2.24, 2.45) is 10.1 Å². The maximum Gasteiger partial charge on any atom is 0.328 e. The number of hydrogen-bond donors (Lipinski definition) is 3. The van der Waals surface area contributed by atoms with E-state index in [0.29, 0.717) is 33.9 Å². The van der Waals surface area contributed by atoms with Gasteiger partial charge in [-0.15, -0.1) is 0 Å². The number of hydrogen-bond acceptors (Lipinski definition) is 8. The molecule has 1 aliphatic heterocycles. The van der Waals surface area contributed by atoms with Crippen LogP contribution in [0.25, 0.3) is 5.57 Å². The minimum absolute atomic E-state index is 0.121. The number of aliphatic imine (C=N–C) groups is 1. The summed E-state index contributed by atoms with van der Waals surface area (Å²) in [5, 5.41) is 25.1. The summed E-state index contributed by atoms with van der Waals surface area (Å²) in [6.07, 6.45) is 0. The molecule has 35 heavy (non-hydrogen) atoms. The number of allylic oxidation sites excluding steroid dienone is 2. The van der Waals surface area contributed by atoms with Crippen molar-refractivity contribution >= 4 is 28.9 Å². The minimum Gasteiger partial charge on any atom is -0.497 e. The summed E-state index contributed by atoms with van der Waals surface area (Å²) in [5.41, 5.74) is 2.27. The molecule has 0 saturated carbocycles. The number of aliphatic hydroxyl groups is 1. The van der Waals surface area contributed by atoms with Gasteiger partial charge in [0.05, 0.1) is 26.5 Å². The number of nitrogens with zero attached hydrogens (tertiary/aromatic N) is 2. The van der Waals surface area contributed by atoms with Gasteiger partial charge in [0.1, 0.15) is 30.0 Å². The summed E-state index contributed by atoms with van der Waals surface area (Å²) in [4.78, 5) is 34.4. The molecule has 3 rings (SSSR count). The van der Waals surface area contributed by atoms with Crippen LogP contribution < -0.4 is 14.8 Å². The van der Waals surface area contributed by atoms with E-state index in [-0.39, 0.29) is 17.0 Å². The highest BCUT2D eigenvalue weighted by Gasteiger charge is 2.32. The lowest BCUT2D eigenvalue weighted by Crippen LogP contribution is -2.44. The fraction of sp³-hybridized carbons (Fsp3) is 0.200. The predicted octanol–water partition coefficient (Wildman–Crippen LogP) is 2.04. The van der Waals surface area contributed by atoms with Gasteiger partial charge >= 0.3 is 5.97 Å². The number of ether oxygens (including phenoxy) is 2. The van der Waals surface area contributed by atoms with Crippen molar-refractivity contribution in [1.29, 1.82) is 0 Å². The van der Waals surface area contributed by atoms with E-state index in [1.165, 1.54) is 14.2 Å². The van der Waals surface area contributed by atoms with Crippen molar-refractivity contribution < 1.29 is 34.1 Å². The van der Waals surface area contributed by atoms with E-state index in [0.717, 1.165) is 0 Å². The van der Waals surface area contributed by atoms with Crippen LogP contribution >= 0.6 is 0 Å². The molecule has 0 radical (unpaired) electrons. The number of carbonyl (C=O) groups excluding carboxylic acids is 1. The molecule has 1 atom stereocenters. The quantitative estimate of drug-likeness (QED) is 0.468. The lowest BCUT2D eigenvalue weighted by atomic mass is 9.87. The van der Waals surface area contributed by atoms with Crippen LogP contribution in [0.3, 0.4) is 0 Å². The van der Waals surface area contributed by atoms with Crippen LogP contribution in [0.1, 0.15) is 11.1 Å². The van der Waals surface area contributed by atoms with Crippen LogP contribution in [0.2, 0.25) is 0 Å². The van der Waals surface area contributed by atoms with Gasteiger partial charge in [-0.2, -0.15) is 0 Å². The first-order chi connectivity index (χ1) is 16.8. The molecular formula is C25H25N3O7. The molecule has 0 fully saturated rings. The van der Waals surface area contributed by atoms with Gasteiger partial charge in [0, 0.05) is 16.7 Å². The third kappa shape index (κ3) is 5.39. The van der Waals surface area contributed by atoms with Gasteiger partial charge in [0.2, 0.25) is 0 Å². The molecule has 0 bridgehead atoms. The largest absolute Gasteiger partial charge is 0.497 e. The molecule has 0 saturated heterocycles. The molecule has 10 heteroatoms. The van der Waals surface area contributed by atoms with Gasteiger partial charge < -0.3 is 29.8 Å². The zero-order valence-corrected chi connectivity index (χ0v) is 19.4. The van der Waals surface area contributed by atoms with Gasteiger partial charge in [-0.05, 0) is 42.0 Å². The fourth-order valence-corrected chi connectivity index (χ4v) is 3.40. The fourth-order valence-electron chi connectivity index (χ4n) is 3.40. The van der Waals surface area contributed by atoms with E-state index in [1.54, 1.807) is 55.6 Å². The van der Waals surface area contributed by atoms with Gasteiger partial charge in [0.15, 0.2) is 6.04 Å². The van der Waals surface area contributed by atoms with Crippen molar-refractivity contribution in [3.8, 4) is 11.5 Å². The summed E-state index contributed by atoms with van der Waals surface area (Å²) in [6.45, 7) is 3.33. The standard InChI is InChI=1S/C25H25N3O7/c1-14-21(16-7-11-18(34-3)12-8-16)27-23(24(30)26-19(13-29)25(31)32)20(22(14)28-35-4)15-5-9-17(33-2)10-6-15/h5-12,19,29H,1,13H2,2-4H3,(H,26,30)(H,31,32)/b28-22+. The summed E-state index contributed by atoms with van der Waals surface area (Å²) in [6, 6.07) is 12.2. The SMILES string of the molecule is C=C1C(c2ccc(OC)cc2)=NC(C(=O)NC(CO)C(=O)O)=C(c2ccc(OC)cc2)/C1=N/OC. The van der Waals surface area contributed by atoms with Crippen LogP contribution in [0, 0.1) is 0 Å².